The molecule has 21 heavy (non-hydrogen) atoms. The molecule has 1 aromatic heterocycles. The highest BCUT2D eigenvalue weighted by molar-refractivity contribution is 7.92. The van der Waals surface area contributed by atoms with E-state index in [4.69, 9.17) is 5.73 Å². The number of halogens is 1. The number of nitrogens with two attached hydrogens (primary N) is 1. The van der Waals surface area contributed by atoms with Crippen LogP contribution >= 0.6 is 0 Å². The van der Waals surface area contributed by atoms with E-state index in [1.54, 1.807) is 7.05 Å². The highest BCUT2D eigenvalue weighted by atomic mass is 32.2. The fourth-order valence-electron chi connectivity index (χ4n) is 1.96. The van der Waals surface area contributed by atoms with Crippen LogP contribution in [0.2, 0.25) is 0 Å². The maximum atomic E-state index is 13.0. The van der Waals surface area contributed by atoms with Gasteiger partial charge in [-0.2, -0.15) is 13.5 Å². The van der Waals surface area contributed by atoms with Crippen LogP contribution in [0.15, 0.2) is 41.6 Å². The molecule has 8 heteroatoms. The Hall–Kier alpha value is -1.93. The van der Waals surface area contributed by atoms with Gasteiger partial charge in [-0.3, -0.25) is 8.99 Å². The van der Waals surface area contributed by atoms with Crippen molar-refractivity contribution in [2.24, 2.45) is 12.8 Å². The molecule has 0 atom stereocenters. The lowest BCUT2D eigenvalue weighted by Gasteiger charge is -2.24. The van der Waals surface area contributed by atoms with Crippen LogP contribution in [-0.4, -0.2) is 31.3 Å². The lowest BCUT2D eigenvalue weighted by atomic mass is 10.3. The fourth-order valence-corrected chi connectivity index (χ4v) is 3.57. The van der Waals surface area contributed by atoms with Crippen LogP contribution in [0.25, 0.3) is 0 Å². The third-order valence-corrected chi connectivity index (χ3v) is 4.91. The van der Waals surface area contributed by atoms with Crippen LogP contribution in [0, 0.1) is 5.82 Å². The number of sulfonamides is 1. The SMILES string of the molecule is Cn1nccc1S(=O)(=O)N(CCCN)c1ccc(F)cc1. The largest absolute Gasteiger partial charge is 0.330 e. The Morgan fingerprint density at radius 3 is 2.48 bits per heavy atom. The van der Waals surface area contributed by atoms with Gasteiger partial charge in [-0.15, -0.1) is 0 Å². The van der Waals surface area contributed by atoms with E-state index < -0.39 is 15.8 Å². The minimum absolute atomic E-state index is 0.0730. The summed E-state index contributed by atoms with van der Waals surface area (Å²) >= 11 is 0. The van der Waals surface area contributed by atoms with Crippen molar-refractivity contribution in [2.45, 2.75) is 11.4 Å². The van der Waals surface area contributed by atoms with Crippen LogP contribution in [0.1, 0.15) is 6.42 Å². The van der Waals surface area contributed by atoms with E-state index in [0.29, 0.717) is 18.7 Å². The smallest absolute Gasteiger partial charge is 0.281 e. The van der Waals surface area contributed by atoms with Gasteiger partial charge in [0.15, 0.2) is 5.03 Å². The number of rotatable bonds is 6. The summed E-state index contributed by atoms with van der Waals surface area (Å²) in [7, 11) is -2.22. The number of aromatic nitrogens is 2. The lowest BCUT2D eigenvalue weighted by molar-refractivity contribution is 0.570. The van der Waals surface area contributed by atoms with Crippen molar-refractivity contribution in [3.63, 3.8) is 0 Å². The Morgan fingerprint density at radius 1 is 1.29 bits per heavy atom. The topological polar surface area (TPSA) is 81.2 Å². The van der Waals surface area contributed by atoms with Gasteiger partial charge in [0.25, 0.3) is 10.0 Å². The first-order valence-corrected chi connectivity index (χ1v) is 7.87. The number of aryl methyl sites for hydroxylation is 1. The molecule has 6 nitrogen and oxygen atoms in total. The molecule has 0 amide bonds. The summed E-state index contributed by atoms with van der Waals surface area (Å²) in [6.07, 6.45) is 1.91. The molecule has 2 rings (SSSR count). The zero-order valence-electron chi connectivity index (χ0n) is 11.6. The van der Waals surface area contributed by atoms with E-state index >= 15 is 0 Å². The van der Waals surface area contributed by atoms with Gasteiger partial charge in [0.2, 0.25) is 0 Å². The highest BCUT2D eigenvalue weighted by Gasteiger charge is 2.27. The molecule has 2 aromatic rings. The molecule has 114 valence electrons. The van der Waals surface area contributed by atoms with Crippen molar-refractivity contribution in [2.75, 3.05) is 17.4 Å². The first kappa shape index (κ1) is 15.5. The summed E-state index contributed by atoms with van der Waals surface area (Å²) in [4.78, 5) is 0. The molecule has 0 saturated carbocycles. The molecule has 0 fully saturated rings. The molecule has 0 bridgehead atoms. The van der Waals surface area contributed by atoms with E-state index in [-0.39, 0.29) is 11.6 Å². The molecule has 0 aliphatic carbocycles. The molecule has 0 unspecified atom stereocenters. The first-order valence-electron chi connectivity index (χ1n) is 6.43. The van der Waals surface area contributed by atoms with E-state index in [1.165, 1.54) is 45.5 Å². The van der Waals surface area contributed by atoms with Crippen molar-refractivity contribution >= 4 is 15.7 Å². The Labute approximate surface area is 123 Å². The zero-order chi connectivity index (χ0) is 15.5. The van der Waals surface area contributed by atoms with Crippen molar-refractivity contribution in [1.82, 2.24) is 9.78 Å². The second-order valence-corrected chi connectivity index (χ2v) is 6.30. The van der Waals surface area contributed by atoms with Gasteiger partial charge in [-0.25, -0.2) is 4.39 Å². The van der Waals surface area contributed by atoms with Crippen LogP contribution in [-0.2, 0) is 17.1 Å². The van der Waals surface area contributed by atoms with Gasteiger partial charge in [0, 0.05) is 13.6 Å². The number of hydrogen-bond donors (Lipinski definition) is 1. The van der Waals surface area contributed by atoms with Crippen molar-refractivity contribution < 1.29 is 12.8 Å². The van der Waals surface area contributed by atoms with E-state index in [0.717, 1.165) is 0 Å². The minimum atomic E-state index is -3.77. The Balaban J connectivity index is 2.45. The number of benzene rings is 1. The molecule has 0 spiro atoms. The third-order valence-electron chi connectivity index (χ3n) is 3.01. The molecule has 1 heterocycles. The molecule has 0 aliphatic rings. The summed E-state index contributed by atoms with van der Waals surface area (Å²) in [6.45, 7) is 0.578. The Bertz CT molecular complexity index is 697. The van der Waals surface area contributed by atoms with Gasteiger partial charge >= 0.3 is 0 Å². The summed E-state index contributed by atoms with van der Waals surface area (Å²) in [5, 5.41) is 3.95. The van der Waals surface area contributed by atoms with E-state index in [1.807, 2.05) is 0 Å². The lowest BCUT2D eigenvalue weighted by Crippen LogP contribution is -2.34. The second kappa shape index (κ2) is 6.23. The van der Waals surface area contributed by atoms with Crippen molar-refractivity contribution in [1.29, 1.82) is 0 Å². The first-order chi connectivity index (χ1) is 9.96. The summed E-state index contributed by atoms with van der Waals surface area (Å²) in [5.74, 6) is -0.421. The summed E-state index contributed by atoms with van der Waals surface area (Å²) < 4.78 is 41.0. The quantitative estimate of drug-likeness (QED) is 0.866. The molecular formula is C13H17FN4O2S. The normalized spacial score (nSPS) is 11.6. The predicted molar refractivity (Wildman–Crippen MR) is 77.8 cm³/mol. The number of nitrogens with zero attached hydrogens (tertiary/aromatic N) is 3. The number of hydrogen-bond acceptors (Lipinski definition) is 4. The van der Waals surface area contributed by atoms with Gasteiger partial charge in [0.1, 0.15) is 5.82 Å². The zero-order valence-corrected chi connectivity index (χ0v) is 12.4. The van der Waals surface area contributed by atoms with E-state index in [9.17, 15) is 12.8 Å². The molecule has 0 saturated heterocycles. The van der Waals surface area contributed by atoms with Gasteiger partial charge in [-0.1, -0.05) is 0 Å². The van der Waals surface area contributed by atoms with Gasteiger partial charge < -0.3 is 5.73 Å². The van der Waals surface area contributed by atoms with E-state index in [2.05, 4.69) is 5.10 Å². The Morgan fingerprint density at radius 2 is 1.95 bits per heavy atom. The third kappa shape index (κ3) is 3.22. The predicted octanol–water partition coefficient (Wildman–Crippen LogP) is 1.10. The molecule has 1 aromatic carbocycles. The van der Waals surface area contributed by atoms with Crippen LogP contribution < -0.4 is 10.0 Å². The minimum Gasteiger partial charge on any atom is -0.330 e. The van der Waals surface area contributed by atoms with Crippen molar-refractivity contribution in [3.8, 4) is 0 Å². The summed E-state index contributed by atoms with van der Waals surface area (Å²) in [5.41, 5.74) is 5.87. The fraction of sp³-hybridized carbons (Fsp3) is 0.308. The Kier molecular flexibility index (Phi) is 4.59. The molecule has 0 radical (unpaired) electrons. The molecule has 0 aliphatic heterocycles. The van der Waals surface area contributed by atoms with Crippen molar-refractivity contribution in [3.05, 3.63) is 42.3 Å². The van der Waals surface area contributed by atoms with Crippen LogP contribution in [0.4, 0.5) is 10.1 Å². The van der Waals surface area contributed by atoms with Gasteiger partial charge in [-0.05, 0) is 43.3 Å². The van der Waals surface area contributed by atoms with Gasteiger partial charge in [0.05, 0.1) is 11.9 Å². The standard InChI is InChI=1S/C13H17FN4O2S/c1-17-13(7-9-16-17)21(19,20)18(10-2-8-15)12-5-3-11(14)4-6-12/h3-7,9H,2,8,10,15H2,1H3. The van der Waals surface area contributed by atoms with Crippen LogP contribution in [0.3, 0.4) is 0 Å². The van der Waals surface area contributed by atoms with Crippen LogP contribution in [0.5, 0.6) is 0 Å². The second-order valence-electron chi connectivity index (χ2n) is 4.49. The maximum absolute atomic E-state index is 13.0. The molecular weight excluding hydrogens is 295 g/mol. The molecule has 2 N–H and O–H groups in total. The maximum Gasteiger partial charge on any atom is 0.281 e. The number of anilines is 1. The average Bonchev–Trinajstić information content (AvgIpc) is 2.88. The highest BCUT2D eigenvalue weighted by Crippen LogP contribution is 2.23. The monoisotopic (exact) mass is 312 g/mol. The average molecular weight is 312 g/mol. The summed E-state index contributed by atoms with van der Waals surface area (Å²) in [6, 6.07) is 6.74.